The van der Waals surface area contributed by atoms with Gasteiger partial charge in [0.25, 0.3) is 5.82 Å². The van der Waals surface area contributed by atoms with Crippen molar-refractivity contribution in [3.63, 3.8) is 0 Å². The molecule has 164 valence electrons. The van der Waals surface area contributed by atoms with Gasteiger partial charge in [-0.3, -0.25) is 4.79 Å². The Balaban J connectivity index is 0.00000341. The second-order valence-electron chi connectivity index (χ2n) is 7.64. The van der Waals surface area contributed by atoms with Crippen LogP contribution in [0.4, 0.5) is 11.4 Å². The molecule has 31 heavy (non-hydrogen) atoms. The summed E-state index contributed by atoms with van der Waals surface area (Å²) in [5, 5.41) is 4.59. The van der Waals surface area contributed by atoms with Crippen molar-refractivity contribution in [3.8, 4) is 0 Å². The molecular weight excluding hydrogens is 454 g/mol. The lowest BCUT2D eigenvalue weighted by Crippen LogP contribution is -3.00. The second-order valence-corrected chi connectivity index (χ2v) is 7.64. The number of hydrogen-bond acceptors (Lipinski definition) is 4. The fourth-order valence-electron chi connectivity index (χ4n) is 3.24. The average molecular weight is 484 g/mol. The zero-order valence-corrected chi connectivity index (χ0v) is 20.4. The van der Waals surface area contributed by atoms with Gasteiger partial charge >= 0.3 is 0 Å². The average Bonchev–Trinajstić information content (AvgIpc) is 3.13. The molecule has 0 saturated heterocycles. The highest BCUT2D eigenvalue weighted by Gasteiger charge is 2.18. The van der Waals surface area contributed by atoms with E-state index in [0.717, 1.165) is 29.2 Å². The van der Waals surface area contributed by atoms with Gasteiger partial charge in [-0.1, -0.05) is 24.2 Å². The molecule has 0 atom stereocenters. The largest absolute Gasteiger partial charge is 1.00 e. The third kappa shape index (κ3) is 6.04. The molecule has 1 heterocycles. The second kappa shape index (κ2) is 10.9. The van der Waals surface area contributed by atoms with Crippen LogP contribution < -0.4 is 31.3 Å². The Labute approximate surface area is 195 Å². The molecule has 2 aromatic carbocycles. The predicted octanol–water partition coefficient (Wildman–Crippen LogP) is 0.239. The van der Waals surface area contributed by atoms with Gasteiger partial charge in [0.1, 0.15) is 6.20 Å². The van der Waals surface area contributed by atoms with Crippen LogP contribution in [0.3, 0.4) is 0 Å². The van der Waals surface area contributed by atoms with Gasteiger partial charge in [0.05, 0.1) is 6.21 Å². The van der Waals surface area contributed by atoms with E-state index >= 15 is 0 Å². The van der Waals surface area contributed by atoms with E-state index in [1.807, 2.05) is 97.3 Å². The molecule has 0 amide bonds. The third-order valence-electron chi connectivity index (χ3n) is 5.06. The summed E-state index contributed by atoms with van der Waals surface area (Å²) < 4.78 is 3.80. The molecule has 0 saturated carbocycles. The minimum absolute atomic E-state index is 0. The fraction of sp³-hybridized carbons (Fsp3) is 0.292. The number of nitrogens with zero attached hydrogens (tertiary/aromatic N) is 5. The first-order chi connectivity index (χ1) is 14.4. The third-order valence-corrected chi connectivity index (χ3v) is 5.06. The Morgan fingerprint density at radius 1 is 0.968 bits per heavy atom. The molecule has 0 aliphatic rings. The number of Topliss-reactive ketones (excluding diaryl/α,β-unsaturated/α-hetero) is 1. The van der Waals surface area contributed by atoms with E-state index in [9.17, 15) is 4.79 Å². The number of aromatic nitrogens is 2. The number of hydrogen-bond donors (Lipinski definition) is 0. The maximum Gasteiger partial charge on any atom is 0.282 e. The molecular formula is C24H30BrN5O. The summed E-state index contributed by atoms with van der Waals surface area (Å²) in [6, 6.07) is 15.9. The Hall–Kier alpha value is -2.93. The highest BCUT2D eigenvalue weighted by atomic mass is 79.9. The molecule has 0 spiro atoms. The summed E-state index contributed by atoms with van der Waals surface area (Å²) in [5.41, 5.74) is 3.97. The highest BCUT2D eigenvalue weighted by molar-refractivity contribution is 5.95. The Morgan fingerprint density at radius 2 is 1.52 bits per heavy atom. The van der Waals surface area contributed by atoms with Crippen molar-refractivity contribution < 1.29 is 26.3 Å². The number of imidazole rings is 1. The molecule has 7 heteroatoms. The van der Waals surface area contributed by atoms with Crippen LogP contribution in [-0.2, 0) is 13.0 Å². The number of anilines is 2. The summed E-state index contributed by atoms with van der Waals surface area (Å²) in [5.74, 6) is 1.07. The predicted molar refractivity (Wildman–Crippen MR) is 123 cm³/mol. The van der Waals surface area contributed by atoms with Crippen LogP contribution in [0.1, 0.15) is 28.7 Å². The zero-order chi connectivity index (χ0) is 21.7. The number of carbonyl (C=O) groups excluding carboxylic acids is 1. The summed E-state index contributed by atoms with van der Waals surface area (Å²) >= 11 is 0. The molecule has 0 aliphatic heterocycles. The van der Waals surface area contributed by atoms with Crippen molar-refractivity contribution in [2.75, 3.05) is 38.0 Å². The SMILES string of the molecule is CCc1n(N=Cc2ccc(N(C)C)cc2)cc[n+]1CC(=O)c1ccc(N(C)C)cc1.[Br-]. The lowest BCUT2D eigenvalue weighted by atomic mass is 10.1. The van der Waals surface area contributed by atoms with Crippen molar-refractivity contribution in [1.29, 1.82) is 0 Å². The summed E-state index contributed by atoms with van der Waals surface area (Å²) in [7, 11) is 8.01. The number of rotatable bonds is 8. The van der Waals surface area contributed by atoms with Gasteiger partial charge in [0.15, 0.2) is 12.7 Å². The number of ketones is 1. The van der Waals surface area contributed by atoms with Gasteiger partial charge in [0.2, 0.25) is 5.78 Å². The molecule has 0 N–H and O–H groups in total. The lowest BCUT2D eigenvalue weighted by Gasteiger charge is -2.12. The van der Waals surface area contributed by atoms with Gasteiger partial charge in [-0.05, 0) is 42.0 Å². The van der Waals surface area contributed by atoms with Crippen LogP contribution in [0, 0.1) is 0 Å². The van der Waals surface area contributed by atoms with E-state index in [1.54, 1.807) is 0 Å². The first-order valence-electron chi connectivity index (χ1n) is 10.1. The van der Waals surface area contributed by atoms with Gasteiger partial charge in [-0.15, -0.1) is 4.68 Å². The molecule has 0 radical (unpaired) electrons. The normalized spacial score (nSPS) is 10.7. The standard InChI is InChI=1S/C24H30N5O.BrH/c1-6-24-28(18-23(30)20-9-13-22(14-10-20)27(4)5)15-16-29(24)25-17-19-7-11-21(12-8-19)26(2)3;/h7-17H,6,18H2,1-5H3;1H/q+1;/p-1. The number of halogens is 1. The summed E-state index contributed by atoms with van der Waals surface area (Å²) in [6.07, 6.45) is 6.42. The smallest absolute Gasteiger partial charge is 0.282 e. The quantitative estimate of drug-likeness (QED) is 0.262. The van der Waals surface area contributed by atoms with E-state index < -0.39 is 0 Å². The summed E-state index contributed by atoms with van der Waals surface area (Å²) in [6.45, 7) is 2.37. The molecule has 1 aromatic heterocycles. The topological polar surface area (TPSA) is 44.7 Å². The van der Waals surface area contributed by atoms with Crippen molar-refractivity contribution >= 4 is 23.4 Å². The maximum absolute atomic E-state index is 12.8. The molecule has 0 unspecified atom stereocenters. The van der Waals surface area contributed by atoms with Crippen LogP contribution in [0.2, 0.25) is 0 Å². The Kier molecular flexibility index (Phi) is 8.56. The van der Waals surface area contributed by atoms with E-state index in [1.165, 1.54) is 0 Å². The Morgan fingerprint density at radius 3 is 2.03 bits per heavy atom. The van der Waals surface area contributed by atoms with Gasteiger partial charge in [-0.25, -0.2) is 4.57 Å². The van der Waals surface area contributed by atoms with Crippen molar-refractivity contribution in [1.82, 2.24) is 4.68 Å². The van der Waals surface area contributed by atoms with E-state index in [2.05, 4.69) is 29.1 Å². The first kappa shape index (κ1) is 24.3. The van der Waals surface area contributed by atoms with Crippen LogP contribution >= 0.6 is 0 Å². The molecule has 0 bridgehead atoms. The molecule has 0 aliphatic carbocycles. The minimum Gasteiger partial charge on any atom is -1.00 e. The van der Waals surface area contributed by atoms with Crippen molar-refractivity contribution in [3.05, 3.63) is 77.9 Å². The van der Waals surface area contributed by atoms with Crippen molar-refractivity contribution in [2.45, 2.75) is 19.9 Å². The van der Waals surface area contributed by atoms with Crippen LogP contribution in [0.5, 0.6) is 0 Å². The van der Waals surface area contributed by atoms with E-state index in [4.69, 9.17) is 0 Å². The monoisotopic (exact) mass is 483 g/mol. The molecule has 0 fully saturated rings. The van der Waals surface area contributed by atoms with Crippen LogP contribution in [-0.4, -0.2) is 44.9 Å². The van der Waals surface area contributed by atoms with Gasteiger partial charge in [-0.2, -0.15) is 0 Å². The van der Waals surface area contributed by atoms with Gasteiger partial charge in [0, 0.05) is 51.5 Å². The highest BCUT2D eigenvalue weighted by Crippen LogP contribution is 2.13. The molecule has 6 nitrogen and oxygen atoms in total. The minimum atomic E-state index is 0. The summed E-state index contributed by atoms with van der Waals surface area (Å²) in [4.78, 5) is 16.8. The molecule has 3 aromatic rings. The molecule has 3 rings (SSSR count). The van der Waals surface area contributed by atoms with E-state index in [-0.39, 0.29) is 22.8 Å². The maximum atomic E-state index is 12.8. The van der Waals surface area contributed by atoms with Crippen LogP contribution in [0.25, 0.3) is 0 Å². The van der Waals surface area contributed by atoms with Crippen LogP contribution in [0.15, 0.2) is 66.0 Å². The fourth-order valence-corrected chi connectivity index (χ4v) is 3.24. The van der Waals surface area contributed by atoms with Crippen molar-refractivity contribution in [2.24, 2.45) is 5.10 Å². The van der Waals surface area contributed by atoms with E-state index in [0.29, 0.717) is 12.1 Å². The zero-order valence-electron chi connectivity index (χ0n) is 18.8. The lowest BCUT2D eigenvalue weighted by molar-refractivity contribution is -0.690. The Bertz CT molecular complexity index is 1020. The first-order valence-corrected chi connectivity index (χ1v) is 10.1. The van der Waals surface area contributed by atoms with Gasteiger partial charge < -0.3 is 26.8 Å². The number of carbonyl (C=O) groups is 1. The number of benzene rings is 2.